The lowest BCUT2D eigenvalue weighted by Gasteiger charge is -2.34. The molecule has 1 saturated carbocycles. The second-order valence-corrected chi connectivity index (χ2v) is 14.5. The third-order valence-electron chi connectivity index (χ3n) is 8.46. The van der Waals surface area contributed by atoms with E-state index >= 15 is 0 Å². The largest absolute Gasteiger partial charge is 0.426 e. The number of nitrogens with zero attached hydrogens (tertiary/aromatic N) is 2. The molecule has 3 fully saturated rings. The number of halogens is 7. The number of allylic oxidation sites excluding steroid dienone is 2. The molecule has 3 amide bonds. The topological polar surface area (TPSA) is 84.0 Å². The summed E-state index contributed by atoms with van der Waals surface area (Å²) in [6, 6.07) is 9.66. The zero-order valence-corrected chi connectivity index (χ0v) is 27.0. The molecule has 2 saturated heterocycles. The predicted molar refractivity (Wildman–Crippen MR) is 163 cm³/mol. The number of alkyl halides is 4. The van der Waals surface area contributed by atoms with Crippen molar-refractivity contribution >= 4 is 116 Å². The Hall–Kier alpha value is -1.71. The van der Waals surface area contributed by atoms with Gasteiger partial charge in [0, 0.05) is 23.7 Å². The second-order valence-electron chi connectivity index (χ2n) is 10.8. The van der Waals surface area contributed by atoms with Crippen LogP contribution in [0.25, 0.3) is 0 Å². The summed E-state index contributed by atoms with van der Waals surface area (Å²) in [5.41, 5.74) is 2.13. The van der Waals surface area contributed by atoms with E-state index < -0.39 is 49.6 Å². The highest BCUT2D eigenvalue weighted by molar-refractivity contribution is 6.67. The molecule has 2 heterocycles. The summed E-state index contributed by atoms with van der Waals surface area (Å²) < 4.78 is 3.55. The maximum Gasteiger partial charge on any atom is 0.316 e. The molecule has 2 bridgehead atoms. The van der Waals surface area contributed by atoms with Crippen molar-refractivity contribution in [3.8, 4) is 5.75 Å². The molecular formula is C28H19Cl7N2O5. The Morgan fingerprint density at radius 2 is 1.45 bits per heavy atom. The lowest BCUT2D eigenvalue weighted by atomic mass is 9.84. The van der Waals surface area contributed by atoms with Gasteiger partial charge in [0.1, 0.15) is 15.5 Å². The van der Waals surface area contributed by atoms with E-state index in [0.717, 1.165) is 10.5 Å². The van der Waals surface area contributed by atoms with E-state index in [1.54, 1.807) is 25.1 Å². The lowest BCUT2D eigenvalue weighted by molar-refractivity contribution is -0.139. The van der Waals surface area contributed by atoms with Crippen molar-refractivity contribution in [2.75, 3.05) is 16.3 Å². The number of fused-ring (bicyclic) bond motifs is 5. The number of hydrogen-bond acceptors (Lipinski definition) is 5. The van der Waals surface area contributed by atoms with E-state index in [2.05, 4.69) is 0 Å². The van der Waals surface area contributed by atoms with Crippen LogP contribution in [0.4, 0.5) is 11.4 Å². The molecule has 2 aliphatic heterocycles. The van der Waals surface area contributed by atoms with Crippen LogP contribution in [0.1, 0.15) is 17.5 Å². The minimum atomic E-state index is -2.03. The number of imide groups is 1. The fraction of sp³-hybridized carbons (Fsp3) is 0.357. The summed E-state index contributed by atoms with van der Waals surface area (Å²) in [6.07, 6.45) is -0.0247. The molecule has 0 aromatic heterocycles. The first-order valence-electron chi connectivity index (χ1n) is 12.7. The summed E-state index contributed by atoms with van der Waals surface area (Å²) in [7, 11) is 0. The fourth-order valence-electron chi connectivity index (χ4n) is 6.24. The molecule has 14 heteroatoms. The predicted octanol–water partition coefficient (Wildman–Crippen LogP) is 6.87. The SMILES string of the molecule is Cc1ccc(N2C[C@@H](C(=O)Oc3ccc(N4C(=O)[C@@H]5[C@H](C4=O)[C@@]4(Cl)C(Cl)=C(Cl)[C@@]5(Cl)C4(Cl)Cl)c(C)c3)CC2=O)cc1Cl. The van der Waals surface area contributed by atoms with Gasteiger partial charge in [-0.05, 0) is 55.3 Å². The van der Waals surface area contributed by atoms with Crippen LogP contribution in [0.5, 0.6) is 5.75 Å². The first-order valence-corrected chi connectivity index (χ1v) is 15.3. The summed E-state index contributed by atoms with van der Waals surface area (Å²) in [5, 5.41) is 0.162. The van der Waals surface area contributed by atoms with Crippen LogP contribution < -0.4 is 14.5 Å². The van der Waals surface area contributed by atoms with Gasteiger partial charge in [0.05, 0.1) is 33.5 Å². The number of carbonyl (C=O) groups is 4. The third kappa shape index (κ3) is 3.81. The molecule has 42 heavy (non-hydrogen) atoms. The number of rotatable bonds is 4. The molecule has 6 rings (SSSR count). The van der Waals surface area contributed by atoms with Gasteiger partial charge in [0.25, 0.3) is 0 Å². The summed E-state index contributed by atoms with van der Waals surface area (Å²) >= 11 is 45.6. The average Bonchev–Trinajstić information content (AvgIpc) is 3.51. The highest BCUT2D eigenvalue weighted by Gasteiger charge is 2.87. The van der Waals surface area contributed by atoms with Gasteiger partial charge in [-0.15, -0.1) is 23.2 Å². The van der Waals surface area contributed by atoms with Crippen molar-refractivity contribution in [1.29, 1.82) is 0 Å². The molecule has 0 spiro atoms. The maximum atomic E-state index is 13.7. The number of esters is 1. The Labute approximate surface area is 275 Å². The summed E-state index contributed by atoms with van der Waals surface area (Å²) in [5.74, 6) is -5.28. The zero-order chi connectivity index (χ0) is 30.7. The molecule has 4 aliphatic rings. The van der Waals surface area contributed by atoms with Crippen LogP contribution in [0.3, 0.4) is 0 Å². The quantitative estimate of drug-likeness (QED) is 0.150. The van der Waals surface area contributed by atoms with Crippen molar-refractivity contribution in [3.63, 3.8) is 0 Å². The van der Waals surface area contributed by atoms with Crippen LogP contribution in [-0.4, -0.2) is 44.3 Å². The van der Waals surface area contributed by atoms with Gasteiger partial charge in [-0.3, -0.25) is 19.2 Å². The van der Waals surface area contributed by atoms with E-state index in [4.69, 9.17) is 85.9 Å². The summed E-state index contributed by atoms with van der Waals surface area (Å²) in [4.78, 5) is 51.6. The average molecular weight is 712 g/mol. The highest BCUT2D eigenvalue weighted by Crippen LogP contribution is 2.77. The van der Waals surface area contributed by atoms with Crippen molar-refractivity contribution in [2.45, 2.75) is 34.3 Å². The second kappa shape index (κ2) is 9.90. The minimum absolute atomic E-state index is 0.0247. The smallest absolute Gasteiger partial charge is 0.316 e. The van der Waals surface area contributed by atoms with Crippen LogP contribution in [0.15, 0.2) is 46.5 Å². The van der Waals surface area contributed by atoms with Gasteiger partial charge in [-0.2, -0.15) is 0 Å². The molecular weight excluding hydrogens is 692 g/mol. The van der Waals surface area contributed by atoms with Crippen LogP contribution >= 0.6 is 81.2 Å². The molecule has 220 valence electrons. The Balaban J connectivity index is 1.21. The molecule has 2 aliphatic carbocycles. The van der Waals surface area contributed by atoms with E-state index in [0.29, 0.717) is 16.3 Å². The Kier molecular flexibility index (Phi) is 7.15. The molecule has 5 atom stereocenters. The Morgan fingerprint density at radius 1 is 0.857 bits per heavy atom. The monoisotopic (exact) mass is 708 g/mol. The number of aryl methyl sites for hydroxylation is 2. The fourth-order valence-corrected chi connectivity index (χ4v) is 9.34. The standard InChI is InChI=1S/C28H19Cl7N2O5/c1-11-3-4-14(9-16(11)29)36-10-13(8-18(36)38)25(41)42-15-5-6-17(12(2)7-15)37-23(39)19-20(24(37)40)27(33)22(31)21(30)26(19,32)28(27,34)35/h3-7,9,13,19-20H,8,10H2,1-2H3/t13-,19-,20+,26+,27+/m0/s1. The first kappa shape index (κ1) is 30.3. The van der Waals surface area contributed by atoms with Gasteiger partial charge in [-0.1, -0.05) is 64.1 Å². The number of hydrogen-bond donors (Lipinski definition) is 0. The van der Waals surface area contributed by atoms with Gasteiger partial charge < -0.3 is 9.64 Å². The van der Waals surface area contributed by atoms with Crippen LogP contribution in [-0.2, 0) is 19.2 Å². The molecule has 2 aromatic carbocycles. The number of benzene rings is 2. The molecule has 0 radical (unpaired) electrons. The van der Waals surface area contributed by atoms with Gasteiger partial charge in [0.2, 0.25) is 17.7 Å². The van der Waals surface area contributed by atoms with E-state index in [-0.39, 0.29) is 40.4 Å². The van der Waals surface area contributed by atoms with Crippen molar-refractivity contribution in [3.05, 3.63) is 62.6 Å². The minimum Gasteiger partial charge on any atom is -0.426 e. The zero-order valence-electron chi connectivity index (χ0n) is 21.7. The van der Waals surface area contributed by atoms with Crippen molar-refractivity contribution in [2.24, 2.45) is 17.8 Å². The van der Waals surface area contributed by atoms with E-state index in [1.807, 2.05) is 6.92 Å². The number of amides is 3. The van der Waals surface area contributed by atoms with Crippen LogP contribution in [0, 0.1) is 31.6 Å². The van der Waals surface area contributed by atoms with E-state index in [1.165, 1.54) is 23.1 Å². The highest BCUT2D eigenvalue weighted by atomic mass is 35.5. The Morgan fingerprint density at radius 3 is 2.00 bits per heavy atom. The number of carbonyl (C=O) groups excluding carboxylic acids is 4. The summed E-state index contributed by atoms with van der Waals surface area (Å²) in [6.45, 7) is 3.62. The van der Waals surface area contributed by atoms with Gasteiger partial charge in [0.15, 0.2) is 4.33 Å². The molecule has 7 nitrogen and oxygen atoms in total. The van der Waals surface area contributed by atoms with Gasteiger partial charge >= 0.3 is 5.97 Å². The molecule has 0 unspecified atom stereocenters. The number of anilines is 2. The van der Waals surface area contributed by atoms with Gasteiger partial charge in [-0.25, -0.2) is 4.90 Å². The lowest BCUT2D eigenvalue weighted by Crippen LogP contribution is -2.50. The van der Waals surface area contributed by atoms with E-state index in [9.17, 15) is 19.2 Å². The van der Waals surface area contributed by atoms with Crippen molar-refractivity contribution in [1.82, 2.24) is 0 Å². The normalized spacial score (nSPS) is 31.5. The van der Waals surface area contributed by atoms with Crippen LogP contribution in [0.2, 0.25) is 5.02 Å². The molecule has 0 N–H and O–H groups in total. The number of ether oxygens (including phenoxy) is 1. The maximum absolute atomic E-state index is 13.7. The third-order valence-corrected chi connectivity index (χ3v) is 13.1. The first-order chi connectivity index (χ1) is 19.6. The molecule has 2 aromatic rings. The Bertz CT molecular complexity index is 1610. The van der Waals surface area contributed by atoms with Crippen molar-refractivity contribution < 1.29 is 23.9 Å².